The van der Waals surface area contributed by atoms with E-state index < -0.39 is 0 Å². The maximum absolute atomic E-state index is 12.5. The number of carbonyl (C=O) groups excluding carboxylic acids is 1. The summed E-state index contributed by atoms with van der Waals surface area (Å²) < 4.78 is 10.4. The average molecular weight is 363 g/mol. The van der Waals surface area contributed by atoms with Gasteiger partial charge in [-0.1, -0.05) is 35.9 Å². The number of halogens is 1. The largest absolute Gasteiger partial charge is 0.493 e. The molecule has 0 saturated carbocycles. The predicted octanol–water partition coefficient (Wildman–Crippen LogP) is 3.35. The van der Waals surface area contributed by atoms with Crippen LogP contribution >= 0.6 is 11.6 Å². The summed E-state index contributed by atoms with van der Waals surface area (Å²) in [4.78, 5) is 14.6. The first-order chi connectivity index (χ1) is 12.0. The highest BCUT2D eigenvalue weighted by molar-refractivity contribution is 6.32. The van der Waals surface area contributed by atoms with Crippen molar-refractivity contribution in [2.45, 2.75) is 13.1 Å². The Morgan fingerprint density at radius 1 is 1.12 bits per heavy atom. The molecule has 0 fully saturated rings. The number of amides is 1. The van der Waals surface area contributed by atoms with Crippen molar-refractivity contribution in [3.63, 3.8) is 0 Å². The monoisotopic (exact) mass is 362 g/mol. The van der Waals surface area contributed by atoms with Crippen LogP contribution in [0.2, 0.25) is 5.02 Å². The third kappa shape index (κ3) is 4.87. The molecule has 0 aliphatic rings. The van der Waals surface area contributed by atoms with Gasteiger partial charge in [-0.25, -0.2) is 0 Å². The standard InChI is InChI=1S/C19H23ClN2O3/c1-22(2)12-14-8-6-5-7-13(14)11-21-19(23)15-9-16(20)18(25-4)17(10-15)24-3/h5-10H,11-12H2,1-4H3,(H,21,23). The van der Waals surface area contributed by atoms with Crippen LogP contribution in [0.4, 0.5) is 0 Å². The van der Waals surface area contributed by atoms with Crippen molar-refractivity contribution in [2.75, 3.05) is 28.3 Å². The fourth-order valence-corrected chi connectivity index (χ4v) is 2.84. The second-order valence-electron chi connectivity index (χ2n) is 5.88. The lowest BCUT2D eigenvalue weighted by Gasteiger charge is -2.15. The molecule has 134 valence electrons. The van der Waals surface area contributed by atoms with Crippen LogP contribution in [0.1, 0.15) is 21.5 Å². The SMILES string of the molecule is COc1cc(C(=O)NCc2ccccc2CN(C)C)cc(Cl)c1OC. The molecular formula is C19H23ClN2O3. The van der Waals surface area contributed by atoms with Gasteiger partial charge in [-0.3, -0.25) is 4.79 Å². The van der Waals surface area contributed by atoms with Gasteiger partial charge in [0.05, 0.1) is 19.2 Å². The van der Waals surface area contributed by atoms with E-state index in [2.05, 4.69) is 16.3 Å². The van der Waals surface area contributed by atoms with E-state index in [-0.39, 0.29) is 5.91 Å². The van der Waals surface area contributed by atoms with Crippen LogP contribution in [0.25, 0.3) is 0 Å². The van der Waals surface area contributed by atoms with Crippen LogP contribution in [0.3, 0.4) is 0 Å². The Labute approximate surface area is 153 Å². The van der Waals surface area contributed by atoms with Crippen molar-refractivity contribution in [1.82, 2.24) is 10.2 Å². The average Bonchev–Trinajstić information content (AvgIpc) is 2.59. The van der Waals surface area contributed by atoms with Gasteiger partial charge in [0.15, 0.2) is 11.5 Å². The van der Waals surface area contributed by atoms with Gasteiger partial charge < -0.3 is 19.7 Å². The fourth-order valence-electron chi connectivity index (χ4n) is 2.55. The van der Waals surface area contributed by atoms with Crippen molar-refractivity contribution in [2.24, 2.45) is 0 Å². The van der Waals surface area contributed by atoms with Crippen molar-refractivity contribution in [3.8, 4) is 11.5 Å². The molecule has 1 N–H and O–H groups in total. The van der Waals surface area contributed by atoms with E-state index in [1.165, 1.54) is 19.8 Å². The minimum Gasteiger partial charge on any atom is -0.493 e. The third-order valence-corrected chi connectivity index (χ3v) is 4.02. The third-order valence-electron chi connectivity index (χ3n) is 3.74. The second-order valence-corrected chi connectivity index (χ2v) is 6.29. The zero-order valence-electron chi connectivity index (χ0n) is 14.9. The number of nitrogens with one attached hydrogen (secondary N) is 1. The van der Waals surface area contributed by atoms with E-state index in [0.29, 0.717) is 28.6 Å². The number of hydrogen-bond acceptors (Lipinski definition) is 4. The first-order valence-electron chi connectivity index (χ1n) is 7.87. The van der Waals surface area contributed by atoms with E-state index in [1.54, 1.807) is 12.1 Å². The number of nitrogens with zero attached hydrogens (tertiary/aromatic N) is 1. The van der Waals surface area contributed by atoms with Crippen molar-refractivity contribution < 1.29 is 14.3 Å². The number of methoxy groups -OCH3 is 2. The highest BCUT2D eigenvalue weighted by atomic mass is 35.5. The summed E-state index contributed by atoms with van der Waals surface area (Å²) in [5.74, 6) is 0.618. The van der Waals surface area contributed by atoms with Crippen molar-refractivity contribution >= 4 is 17.5 Å². The van der Waals surface area contributed by atoms with E-state index in [4.69, 9.17) is 21.1 Å². The first kappa shape index (κ1) is 19.1. The van der Waals surface area contributed by atoms with Crippen LogP contribution < -0.4 is 14.8 Å². The Morgan fingerprint density at radius 3 is 2.40 bits per heavy atom. The van der Waals surface area contributed by atoms with Crippen LogP contribution in [0, 0.1) is 0 Å². The lowest BCUT2D eigenvalue weighted by Crippen LogP contribution is -2.24. The molecule has 6 heteroatoms. The molecule has 0 saturated heterocycles. The quantitative estimate of drug-likeness (QED) is 0.820. The van der Waals surface area contributed by atoms with Crippen LogP contribution in [-0.4, -0.2) is 39.1 Å². The lowest BCUT2D eigenvalue weighted by atomic mass is 10.1. The Kier molecular flexibility index (Phi) is 6.67. The predicted molar refractivity (Wildman–Crippen MR) is 99.6 cm³/mol. The van der Waals surface area contributed by atoms with E-state index in [0.717, 1.165) is 12.1 Å². The number of hydrogen-bond donors (Lipinski definition) is 1. The molecule has 0 aliphatic heterocycles. The smallest absolute Gasteiger partial charge is 0.251 e. The van der Waals surface area contributed by atoms with Gasteiger partial charge in [0, 0.05) is 18.7 Å². The normalized spacial score (nSPS) is 10.6. The molecule has 2 aromatic carbocycles. The topological polar surface area (TPSA) is 50.8 Å². The molecule has 0 aliphatic carbocycles. The molecular weight excluding hydrogens is 340 g/mol. The van der Waals surface area contributed by atoms with Gasteiger partial charge in [0.25, 0.3) is 5.91 Å². The summed E-state index contributed by atoms with van der Waals surface area (Å²) in [7, 11) is 7.04. The summed E-state index contributed by atoms with van der Waals surface area (Å²) in [6, 6.07) is 11.2. The summed E-state index contributed by atoms with van der Waals surface area (Å²) in [6.07, 6.45) is 0. The van der Waals surface area contributed by atoms with E-state index in [1.807, 2.05) is 32.3 Å². The molecule has 0 spiro atoms. The zero-order valence-corrected chi connectivity index (χ0v) is 15.7. The molecule has 2 aromatic rings. The Balaban J connectivity index is 2.15. The Hall–Kier alpha value is -2.24. The highest BCUT2D eigenvalue weighted by Crippen LogP contribution is 2.35. The molecule has 0 heterocycles. The maximum Gasteiger partial charge on any atom is 0.251 e. The maximum atomic E-state index is 12.5. The number of carbonyl (C=O) groups is 1. The fraction of sp³-hybridized carbons (Fsp3) is 0.316. The van der Waals surface area contributed by atoms with Gasteiger partial charge in [-0.2, -0.15) is 0 Å². The minimum absolute atomic E-state index is 0.220. The van der Waals surface area contributed by atoms with Crippen molar-refractivity contribution in [1.29, 1.82) is 0 Å². The second kappa shape index (κ2) is 8.74. The number of benzene rings is 2. The summed E-state index contributed by atoms with van der Waals surface area (Å²) in [5, 5.41) is 3.27. The molecule has 2 rings (SSSR count). The van der Waals surface area contributed by atoms with E-state index >= 15 is 0 Å². The van der Waals surface area contributed by atoms with E-state index in [9.17, 15) is 4.79 Å². The summed E-state index contributed by atoms with van der Waals surface area (Å²) in [5.41, 5.74) is 2.68. The first-order valence-corrected chi connectivity index (χ1v) is 8.25. The van der Waals surface area contributed by atoms with Crippen LogP contribution in [-0.2, 0) is 13.1 Å². The van der Waals surface area contributed by atoms with Gasteiger partial charge in [-0.15, -0.1) is 0 Å². The zero-order chi connectivity index (χ0) is 18.4. The Morgan fingerprint density at radius 2 is 1.80 bits per heavy atom. The van der Waals surface area contributed by atoms with Crippen LogP contribution in [0.15, 0.2) is 36.4 Å². The molecule has 25 heavy (non-hydrogen) atoms. The molecule has 1 amide bonds. The molecule has 0 unspecified atom stereocenters. The minimum atomic E-state index is -0.220. The van der Waals surface area contributed by atoms with Gasteiger partial charge in [-0.05, 0) is 37.4 Å². The Bertz CT molecular complexity index is 747. The highest BCUT2D eigenvalue weighted by Gasteiger charge is 2.15. The van der Waals surface area contributed by atoms with Crippen molar-refractivity contribution in [3.05, 3.63) is 58.1 Å². The van der Waals surface area contributed by atoms with Crippen LogP contribution in [0.5, 0.6) is 11.5 Å². The van der Waals surface area contributed by atoms with Gasteiger partial charge >= 0.3 is 0 Å². The molecule has 0 aromatic heterocycles. The van der Waals surface area contributed by atoms with Gasteiger partial charge in [0.2, 0.25) is 0 Å². The summed E-state index contributed by atoms with van der Waals surface area (Å²) >= 11 is 6.17. The molecule has 0 atom stereocenters. The summed E-state index contributed by atoms with van der Waals surface area (Å²) in [6.45, 7) is 1.25. The number of rotatable bonds is 7. The molecule has 0 bridgehead atoms. The molecule has 0 radical (unpaired) electrons. The number of ether oxygens (including phenoxy) is 2. The lowest BCUT2D eigenvalue weighted by molar-refractivity contribution is 0.0950. The van der Waals surface area contributed by atoms with Gasteiger partial charge in [0.1, 0.15) is 0 Å². The molecule has 5 nitrogen and oxygen atoms in total.